The Balaban J connectivity index is 2.29. The number of hydrogen-bond donors (Lipinski definition) is 2. The summed E-state index contributed by atoms with van der Waals surface area (Å²) < 4.78 is 4.80. The molecule has 0 radical (unpaired) electrons. The van der Waals surface area contributed by atoms with Crippen LogP contribution >= 0.6 is 0 Å². The van der Waals surface area contributed by atoms with Gasteiger partial charge in [-0.1, -0.05) is 6.92 Å². The van der Waals surface area contributed by atoms with Crippen LogP contribution in [0.5, 0.6) is 0 Å². The van der Waals surface area contributed by atoms with Crippen LogP contribution in [-0.2, 0) is 14.3 Å². The fourth-order valence-electron chi connectivity index (χ4n) is 1.75. The van der Waals surface area contributed by atoms with E-state index in [0.717, 1.165) is 6.42 Å². The maximum Gasteiger partial charge on any atom is 0.308 e. The normalized spacial score (nSPS) is 11.3. The number of nitro groups is 1. The predicted octanol–water partition coefficient (Wildman–Crippen LogP) is 1.17. The van der Waals surface area contributed by atoms with E-state index in [4.69, 9.17) is 4.74 Å². The van der Waals surface area contributed by atoms with Crippen LogP contribution < -0.4 is 10.6 Å². The molecule has 0 aliphatic carbocycles. The average molecular weight is 351 g/mol. The SMILES string of the molecule is CC[C@H](C)NC(=O)COC(=O)CCNC(=O)c1ccc([N+](=O)[O-])cc1. The second-order valence-corrected chi connectivity index (χ2v) is 5.35. The van der Waals surface area contributed by atoms with Gasteiger partial charge < -0.3 is 15.4 Å². The zero-order valence-electron chi connectivity index (χ0n) is 14.1. The van der Waals surface area contributed by atoms with E-state index in [0.29, 0.717) is 0 Å². The second-order valence-electron chi connectivity index (χ2n) is 5.35. The van der Waals surface area contributed by atoms with E-state index in [1.807, 2.05) is 13.8 Å². The molecule has 136 valence electrons. The van der Waals surface area contributed by atoms with Crippen LogP contribution in [0, 0.1) is 10.1 Å². The van der Waals surface area contributed by atoms with Crippen LogP contribution in [0.4, 0.5) is 5.69 Å². The highest BCUT2D eigenvalue weighted by atomic mass is 16.6. The highest BCUT2D eigenvalue weighted by molar-refractivity contribution is 5.94. The van der Waals surface area contributed by atoms with Crippen molar-refractivity contribution in [3.63, 3.8) is 0 Å². The van der Waals surface area contributed by atoms with Gasteiger partial charge in [-0.15, -0.1) is 0 Å². The largest absolute Gasteiger partial charge is 0.456 e. The highest BCUT2D eigenvalue weighted by Gasteiger charge is 2.12. The molecule has 25 heavy (non-hydrogen) atoms. The number of non-ortho nitro benzene ring substituents is 1. The van der Waals surface area contributed by atoms with Gasteiger partial charge in [-0.25, -0.2) is 0 Å². The van der Waals surface area contributed by atoms with E-state index < -0.39 is 16.8 Å². The lowest BCUT2D eigenvalue weighted by Gasteiger charge is -2.11. The molecule has 1 rings (SSSR count). The van der Waals surface area contributed by atoms with Gasteiger partial charge in [0, 0.05) is 30.3 Å². The fraction of sp³-hybridized carbons (Fsp3) is 0.438. The molecule has 0 aliphatic rings. The van der Waals surface area contributed by atoms with Gasteiger partial charge in [0.15, 0.2) is 6.61 Å². The molecular formula is C16H21N3O6. The average Bonchev–Trinajstić information content (AvgIpc) is 2.59. The Hall–Kier alpha value is -2.97. The van der Waals surface area contributed by atoms with E-state index in [1.54, 1.807) is 0 Å². The fourth-order valence-corrected chi connectivity index (χ4v) is 1.75. The molecular weight excluding hydrogens is 330 g/mol. The summed E-state index contributed by atoms with van der Waals surface area (Å²) in [4.78, 5) is 44.8. The minimum absolute atomic E-state index is 0.00665. The van der Waals surface area contributed by atoms with E-state index in [9.17, 15) is 24.5 Å². The number of carbonyl (C=O) groups excluding carboxylic acids is 3. The third-order valence-corrected chi connectivity index (χ3v) is 3.34. The molecule has 2 amide bonds. The van der Waals surface area contributed by atoms with Gasteiger partial charge >= 0.3 is 5.97 Å². The number of hydrogen-bond acceptors (Lipinski definition) is 6. The molecule has 0 unspecified atom stereocenters. The predicted molar refractivity (Wildman–Crippen MR) is 88.9 cm³/mol. The Morgan fingerprint density at radius 1 is 1.24 bits per heavy atom. The van der Waals surface area contributed by atoms with Gasteiger partial charge in [-0.05, 0) is 25.5 Å². The molecule has 0 heterocycles. The second kappa shape index (κ2) is 10.0. The summed E-state index contributed by atoms with van der Waals surface area (Å²) in [6.45, 7) is 3.43. The first-order chi connectivity index (χ1) is 11.8. The first kappa shape index (κ1) is 20.1. The van der Waals surface area contributed by atoms with Crippen molar-refractivity contribution < 1.29 is 24.0 Å². The van der Waals surface area contributed by atoms with E-state index >= 15 is 0 Å². The molecule has 0 saturated heterocycles. The number of rotatable bonds is 9. The minimum atomic E-state index is -0.608. The van der Waals surface area contributed by atoms with Crippen LogP contribution in [0.2, 0.25) is 0 Å². The van der Waals surface area contributed by atoms with Crippen molar-refractivity contribution in [1.82, 2.24) is 10.6 Å². The van der Waals surface area contributed by atoms with Crippen molar-refractivity contribution in [2.75, 3.05) is 13.2 Å². The molecule has 1 atom stereocenters. The van der Waals surface area contributed by atoms with Gasteiger partial charge in [0.25, 0.3) is 17.5 Å². The molecule has 0 saturated carbocycles. The Morgan fingerprint density at radius 2 is 1.88 bits per heavy atom. The number of benzene rings is 1. The van der Waals surface area contributed by atoms with Gasteiger partial charge in [-0.2, -0.15) is 0 Å². The maximum absolute atomic E-state index is 11.8. The van der Waals surface area contributed by atoms with Crippen LogP contribution in [0.15, 0.2) is 24.3 Å². The third kappa shape index (κ3) is 7.42. The van der Waals surface area contributed by atoms with E-state index in [2.05, 4.69) is 10.6 Å². The minimum Gasteiger partial charge on any atom is -0.456 e. The third-order valence-electron chi connectivity index (χ3n) is 3.34. The van der Waals surface area contributed by atoms with Crippen molar-refractivity contribution in [3.05, 3.63) is 39.9 Å². The van der Waals surface area contributed by atoms with Crippen molar-refractivity contribution in [2.24, 2.45) is 0 Å². The summed E-state index contributed by atoms with van der Waals surface area (Å²) in [5.41, 5.74) is 0.127. The number of nitrogens with zero attached hydrogens (tertiary/aromatic N) is 1. The molecule has 0 fully saturated rings. The number of esters is 1. The van der Waals surface area contributed by atoms with Gasteiger partial charge in [0.2, 0.25) is 0 Å². The lowest BCUT2D eigenvalue weighted by molar-refractivity contribution is -0.384. The van der Waals surface area contributed by atoms with Gasteiger partial charge in [0.1, 0.15) is 0 Å². The number of nitrogens with one attached hydrogen (secondary N) is 2. The molecule has 0 aromatic heterocycles. The Morgan fingerprint density at radius 3 is 2.44 bits per heavy atom. The number of carbonyl (C=O) groups is 3. The summed E-state index contributed by atoms with van der Waals surface area (Å²) >= 11 is 0. The van der Waals surface area contributed by atoms with Crippen molar-refractivity contribution in [1.29, 1.82) is 0 Å². The van der Waals surface area contributed by atoms with Gasteiger partial charge in [0.05, 0.1) is 11.3 Å². The topological polar surface area (TPSA) is 128 Å². The maximum atomic E-state index is 11.8. The van der Waals surface area contributed by atoms with E-state index in [-0.39, 0.29) is 42.8 Å². The Kier molecular flexibility index (Phi) is 8.04. The number of nitro benzene ring substituents is 1. The standard InChI is InChI=1S/C16H21N3O6/c1-3-11(2)18-14(20)10-25-15(21)8-9-17-16(22)12-4-6-13(7-5-12)19(23)24/h4-7,11H,3,8-10H2,1-2H3,(H,17,22)(H,18,20)/t11-/m0/s1. The molecule has 9 heteroatoms. The zero-order chi connectivity index (χ0) is 18.8. The Labute approximate surface area is 144 Å². The summed E-state index contributed by atoms with van der Waals surface area (Å²) in [5, 5.41) is 15.7. The van der Waals surface area contributed by atoms with Crippen LogP contribution in [0.25, 0.3) is 0 Å². The molecule has 2 N–H and O–H groups in total. The highest BCUT2D eigenvalue weighted by Crippen LogP contribution is 2.11. The van der Waals surface area contributed by atoms with Crippen molar-refractivity contribution in [2.45, 2.75) is 32.7 Å². The molecule has 1 aromatic rings. The van der Waals surface area contributed by atoms with Crippen molar-refractivity contribution >= 4 is 23.5 Å². The summed E-state index contributed by atoms with van der Waals surface area (Å²) in [6.07, 6.45) is 0.684. The smallest absolute Gasteiger partial charge is 0.308 e. The molecule has 1 aromatic carbocycles. The van der Waals surface area contributed by atoms with Gasteiger partial charge in [-0.3, -0.25) is 24.5 Å². The number of amides is 2. The first-order valence-electron chi connectivity index (χ1n) is 7.81. The Bertz CT molecular complexity index is 629. The van der Waals surface area contributed by atoms with Crippen molar-refractivity contribution in [3.8, 4) is 0 Å². The van der Waals surface area contributed by atoms with Crippen LogP contribution in [0.1, 0.15) is 37.0 Å². The van der Waals surface area contributed by atoms with Crippen LogP contribution in [0.3, 0.4) is 0 Å². The van der Waals surface area contributed by atoms with Crippen LogP contribution in [-0.4, -0.2) is 41.9 Å². The molecule has 0 aliphatic heterocycles. The quantitative estimate of drug-likeness (QED) is 0.390. The summed E-state index contributed by atoms with van der Waals surface area (Å²) in [5.74, 6) is -1.45. The lowest BCUT2D eigenvalue weighted by atomic mass is 10.2. The molecule has 0 bridgehead atoms. The summed E-state index contributed by atoms with van der Waals surface area (Å²) in [7, 11) is 0. The zero-order valence-corrected chi connectivity index (χ0v) is 14.1. The monoisotopic (exact) mass is 351 g/mol. The summed E-state index contributed by atoms with van der Waals surface area (Å²) in [6, 6.07) is 5.10. The number of ether oxygens (including phenoxy) is 1. The molecule has 0 spiro atoms. The van der Waals surface area contributed by atoms with E-state index in [1.165, 1.54) is 24.3 Å². The lowest BCUT2D eigenvalue weighted by Crippen LogP contribution is -2.35. The molecule has 9 nitrogen and oxygen atoms in total. The first-order valence-corrected chi connectivity index (χ1v) is 7.81.